The van der Waals surface area contributed by atoms with E-state index in [1.165, 1.54) is 0 Å². The molecule has 0 saturated heterocycles. The maximum atomic E-state index is 10.0. The Balaban J connectivity index is 0. The molecule has 10 heavy (non-hydrogen) atoms. The van der Waals surface area contributed by atoms with Crippen LogP contribution in [0.3, 0.4) is 0 Å². The summed E-state index contributed by atoms with van der Waals surface area (Å²) in [6, 6.07) is 0. The van der Waals surface area contributed by atoms with Gasteiger partial charge in [0.2, 0.25) is 5.75 Å². The van der Waals surface area contributed by atoms with E-state index in [4.69, 9.17) is 10.2 Å². The summed E-state index contributed by atoms with van der Waals surface area (Å²) < 4.78 is 0. The third-order valence-corrected chi connectivity index (χ3v) is 2.43. The van der Waals surface area contributed by atoms with Crippen molar-refractivity contribution in [1.82, 2.24) is 0 Å². The quantitative estimate of drug-likeness (QED) is 0.411. The van der Waals surface area contributed by atoms with E-state index in [1.54, 1.807) is 0 Å². The smallest absolute Gasteiger partial charge is 0.353 e. The maximum Gasteiger partial charge on any atom is 0.353 e. The van der Waals surface area contributed by atoms with Crippen molar-refractivity contribution in [3.8, 4) is 0 Å². The molecule has 1 atom stereocenters. The number of carboxylic acids is 1. The van der Waals surface area contributed by atoms with E-state index < -0.39 is 5.97 Å². The highest BCUT2D eigenvalue weighted by Crippen LogP contribution is 1.88. The Morgan fingerprint density at radius 2 is 2.10 bits per heavy atom. The first-order valence-electron chi connectivity index (χ1n) is 2.58. The SMILES string of the molecule is C[S+](CCO)CC(=O)O.[I-]. The number of rotatable bonds is 4. The Morgan fingerprint density at radius 3 is 2.40 bits per heavy atom. The molecular formula is C5H11IO3S. The summed E-state index contributed by atoms with van der Waals surface area (Å²) in [7, 11) is -0.150. The number of aliphatic hydroxyl groups excluding tert-OH is 1. The molecule has 0 aromatic carbocycles. The third kappa shape index (κ3) is 8.51. The van der Waals surface area contributed by atoms with Crippen LogP contribution in [0.2, 0.25) is 0 Å². The number of aliphatic hydroxyl groups is 1. The van der Waals surface area contributed by atoms with Crippen LogP contribution in [-0.4, -0.2) is 40.6 Å². The van der Waals surface area contributed by atoms with Gasteiger partial charge in [-0.2, -0.15) is 0 Å². The zero-order chi connectivity index (χ0) is 7.28. The van der Waals surface area contributed by atoms with Gasteiger partial charge in [-0.15, -0.1) is 0 Å². The van der Waals surface area contributed by atoms with Gasteiger partial charge in [-0.05, 0) is 10.9 Å². The maximum absolute atomic E-state index is 10.0. The second kappa shape index (κ2) is 7.62. The minimum Gasteiger partial charge on any atom is -1.00 e. The lowest BCUT2D eigenvalue weighted by Gasteiger charge is -1.94. The second-order valence-electron chi connectivity index (χ2n) is 1.75. The number of carboxylic acid groups (broad SMARTS) is 1. The molecule has 62 valence electrons. The Morgan fingerprint density at radius 1 is 1.60 bits per heavy atom. The zero-order valence-electron chi connectivity index (χ0n) is 5.71. The first-order chi connectivity index (χ1) is 4.16. The van der Waals surface area contributed by atoms with Crippen molar-refractivity contribution >= 4 is 16.9 Å². The molecule has 1 unspecified atom stereocenters. The summed E-state index contributed by atoms with van der Waals surface area (Å²) in [4.78, 5) is 10.0. The van der Waals surface area contributed by atoms with E-state index in [2.05, 4.69) is 0 Å². The normalized spacial score (nSPS) is 11.8. The molecule has 0 fully saturated rings. The minimum atomic E-state index is -0.783. The molecule has 0 spiro atoms. The van der Waals surface area contributed by atoms with Crippen molar-refractivity contribution in [2.75, 3.05) is 24.4 Å². The number of carbonyl (C=O) groups is 1. The van der Waals surface area contributed by atoms with Crippen LogP contribution in [0, 0.1) is 0 Å². The van der Waals surface area contributed by atoms with Crippen molar-refractivity contribution in [3.05, 3.63) is 0 Å². The van der Waals surface area contributed by atoms with E-state index in [-0.39, 0.29) is 47.2 Å². The first kappa shape index (κ1) is 13.1. The molecule has 0 heterocycles. The van der Waals surface area contributed by atoms with Gasteiger partial charge in [-0.3, -0.25) is 0 Å². The number of hydrogen-bond acceptors (Lipinski definition) is 2. The van der Waals surface area contributed by atoms with E-state index in [9.17, 15) is 4.79 Å². The minimum absolute atomic E-state index is 0. The Hall–Kier alpha value is 0.510. The van der Waals surface area contributed by atoms with Crippen molar-refractivity contribution in [1.29, 1.82) is 0 Å². The van der Waals surface area contributed by atoms with Crippen LogP contribution in [-0.2, 0) is 15.7 Å². The Bertz CT molecular complexity index is 98.9. The predicted molar refractivity (Wildman–Crippen MR) is 37.7 cm³/mol. The van der Waals surface area contributed by atoms with Crippen LogP contribution < -0.4 is 24.0 Å². The van der Waals surface area contributed by atoms with Gasteiger partial charge in [0, 0.05) is 0 Å². The van der Waals surface area contributed by atoms with Crippen molar-refractivity contribution in [3.63, 3.8) is 0 Å². The fourth-order valence-corrected chi connectivity index (χ4v) is 1.32. The molecular weight excluding hydrogens is 267 g/mol. The summed E-state index contributed by atoms with van der Waals surface area (Å²) >= 11 is 0. The van der Waals surface area contributed by atoms with Crippen molar-refractivity contribution in [2.45, 2.75) is 0 Å². The molecule has 0 bridgehead atoms. The number of halogens is 1. The molecule has 0 radical (unpaired) electrons. The van der Waals surface area contributed by atoms with Crippen molar-refractivity contribution in [2.24, 2.45) is 0 Å². The number of hydrogen-bond donors (Lipinski definition) is 2. The van der Waals surface area contributed by atoms with Gasteiger partial charge in [0.1, 0.15) is 5.75 Å². The average Bonchev–Trinajstić information content (AvgIpc) is 1.63. The van der Waals surface area contributed by atoms with E-state index in [0.29, 0.717) is 5.75 Å². The molecule has 0 aliphatic heterocycles. The molecule has 0 aromatic heterocycles. The van der Waals surface area contributed by atoms with Crippen LogP contribution >= 0.6 is 0 Å². The molecule has 2 N–H and O–H groups in total. The largest absolute Gasteiger partial charge is 1.00 e. The monoisotopic (exact) mass is 278 g/mol. The zero-order valence-corrected chi connectivity index (χ0v) is 8.68. The fourth-order valence-electron chi connectivity index (χ4n) is 0.439. The summed E-state index contributed by atoms with van der Waals surface area (Å²) in [5, 5.41) is 16.6. The van der Waals surface area contributed by atoms with E-state index in [0.717, 1.165) is 0 Å². The van der Waals surface area contributed by atoms with E-state index >= 15 is 0 Å². The molecule has 0 aliphatic carbocycles. The lowest BCUT2D eigenvalue weighted by Crippen LogP contribution is -3.00. The van der Waals surface area contributed by atoms with Gasteiger partial charge in [-0.1, -0.05) is 0 Å². The van der Waals surface area contributed by atoms with Crippen LogP contribution in [0.1, 0.15) is 0 Å². The average molecular weight is 278 g/mol. The molecule has 3 nitrogen and oxygen atoms in total. The van der Waals surface area contributed by atoms with Gasteiger partial charge in [0.05, 0.1) is 12.9 Å². The van der Waals surface area contributed by atoms with Crippen LogP contribution in [0.4, 0.5) is 0 Å². The molecule has 0 aliphatic rings. The highest BCUT2D eigenvalue weighted by molar-refractivity contribution is 7.96. The topological polar surface area (TPSA) is 57.5 Å². The van der Waals surface area contributed by atoms with Crippen LogP contribution in [0.15, 0.2) is 0 Å². The summed E-state index contributed by atoms with van der Waals surface area (Å²) in [5.74, 6) is 0.00151. The lowest BCUT2D eigenvalue weighted by atomic mass is 10.8. The first-order valence-corrected chi connectivity index (χ1v) is 4.55. The second-order valence-corrected chi connectivity index (χ2v) is 4.01. The third-order valence-electron chi connectivity index (χ3n) is 0.810. The van der Waals surface area contributed by atoms with Gasteiger partial charge in [-0.25, -0.2) is 4.79 Å². The molecule has 0 aromatic rings. The van der Waals surface area contributed by atoms with Crippen LogP contribution in [0.5, 0.6) is 0 Å². The summed E-state index contributed by atoms with van der Waals surface area (Å²) in [6.07, 6.45) is 1.84. The molecule has 5 heteroatoms. The number of aliphatic carboxylic acids is 1. The molecule has 0 rings (SSSR count). The van der Waals surface area contributed by atoms with Gasteiger partial charge in [0.15, 0.2) is 0 Å². The van der Waals surface area contributed by atoms with Gasteiger partial charge >= 0.3 is 5.97 Å². The Kier molecular flexibility index (Phi) is 10.00. The lowest BCUT2D eigenvalue weighted by molar-refractivity contribution is -0.133. The van der Waals surface area contributed by atoms with Gasteiger partial charge < -0.3 is 34.2 Å². The van der Waals surface area contributed by atoms with Crippen LogP contribution in [0.25, 0.3) is 0 Å². The van der Waals surface area contributed by atoms with Gasteiger partial charge in [0.25, 0.3) is 0 Å². The summed E-state index contributed by atoms with van der Waals surface area (Å²) in [6.45, 7) is 0.0902. The molecule has 0 saturated carbocycles. The van der Waals surface area contributed by atoms with Crippen molar-refractivity contribution < 1.29 is 39.0 Å². The highest BCUT2D eigenvalue weighted by atomic mass is 127. The predicted octanol–water partition coefficient (Wildman–Crippen LogP) is -3.68. The highest BCUT2D eigenvalue weighted by Gasteiger charge is 2.14. The van der Waals surface area contributed by atoms with E-state index in [1.807, 2.05) is 6.26 Å². The summed E-state index contributed by atoms with van der Waals surface area (Å²) in [5.41, 5.74) is 0. The fraction of sp³-hybridized carbons (Fsp3) is 0.800. The Labute approximate surface area is 80.2 Å². The molecule has 0 amide bonds. The standard InChI is InChI=1S/C5H10O3S.HI/c1-9(3-2-6)4-5(7)8;/h6H,2-4H2,1H3;1H.